The van der Waals surface area contributed by atoms with Gasteiger partial charge in [0.1, 0.15) is 6.04 Å². The van der Waals surface area contributed by atoms with Gasteiger partial charge in [0.05, 0.1) is 16.7 Å². The van der Waals surface area contributed by atoms with Crippen molar-refractivity contribution in [3.05, 3.63) is 142 Å². The van der Waals surface area contributed by atoms with Gasteiger partial charge in [-0.2, -0.15) is 0 Å². The zero-order chi connectivity index (χ0) is 28.5. The van der Waals surface area contributed by atoms with E-state index in [1.807, 2.05) is 55.5 Å². The van der Waals surface area contributed by atoms with Crippen molar-refractivity contribution in [3.63, 3.8) is 0 Å². The summed E-state index contributed by atoms with van der Waals surface area (Å²) in [6.07, 6.45) is 3.85. The Morgan fingerprint density at radius 1 is 0.951 bits per heavy atom. The fourth-order valence-corrected chi connectivity index (χ4v) is 6.31. The fraction of sp³-hybridized carbons (Fsp3) is 0.0968. The standard InChI is InChI=1S/C31H24ClN5O2S2/c1-20-19-23(11-16-26(20)32)35-18-4-6-28(35)30-29(27-5-2-3-17-33-27)34-31(40)36(30)21-7-12-24(13-8-21)41-25-14-9-22(10-15-25)37(38)39/h2-19,29-30H,1H3,(H,34,40)/t29-,30-/m0/s1. The van der Waals surface area contributed by atoms with Crippen molar-refractivity contribution in [1.82, 2.24) is 14.9 Å². The fourth-order valence-electron chi connectivity index (χ4n) is 5.03. The number of halogens is 1. The van der Waals surface area contributed by atoms with Gasteiger partial charge in [-0.3, -0.25) is 15.1 Å². The van der Waals surface area contributed by atoms with Crippen LogP contribution in [0, 0.1) is 17.0 Å². The number of thiocarbonyl (C=S) groups is 1. The molecular formula is C31H24ClN5O2S2. The molecule has 2 atom stereocenters. The van der Waals surface area contributed by atoms with E-state index in [-0.39, 0.29) is 17.8 Å². The first-order chi connectivity index (χ1) is 19.9. The van der Waals surface area contributed by atoms with Gasteiger partial charge in [0.15, 0.2) is 5.11 Å². The van der Waals surface area contributed by atoms with E-state index in [1.54, 1.807) is 30.1 Å². The van der Waals surface area contributed by atoms with Crippen LogP contribution in [0.1, 0.15) is 29.0 Å². The molecule has 204 valence electrons. The molecule has 0 radical (unpaired) electrons. The molecule has 1 aliphatic heterocycles. The highest BCUT2D eigenvalue weighted by molar-refractivity contribution is 7.99. The summed E-state index contributed by atoms with van der Waals surface area (Å²) in [6, 6.07) is 30.5. The quantitative estimate of drug-likeness (QED) is 0.115. The first-order valence-electron chi connectivity index (χ1n) is 12.9. The summed E-state index contributed by atoms with van der Waals surface area (Å²) in [5, 5.41) is 15.8. The number of anilines is 1. The Morgan fingerprint density at radius 2 is 1.66 bits per heavy atom. The number of pyridine rings is 1. The van der Waals surface area contributed by atoms with Crippen LogP contribution in [0.15, 0.2) is 119 Å². The number of non-ortho nitro benzene ring substituents is 1. The smallest absolute Gasteiger partial charge is 0.269 e. The predicted octanol–water partition coefficient (Wildman–Crippen LogP) is 8.07. The lowest BCUT2D eigenvalue weighted by Gasteiger charge is -2.29. The maximum absolute atomic E-state index is 11.0. The van der Waals surface area contributed by atoms with E-state index in [0.717, 1.165) is 43.1 Å². The number of nitrogens with one attached hydrogen (secondary N) is 1. The molecular weight excluding hydrogens is 574 g/mol. The molecule has 3 aromatic carbocycles. The lowest BCUT2D eigenvalue weighted by Crippen LogP contribution is -2.30. The topological polar surface area (TPSA) is 76.2 Å². The Labute approximate surface area is 252 Å². The summed E-state index contributed by atoms with van der Waals surface area (Å²) >= 11 is 13.8. The van der Waals surface area contributed by atoms with E-state index in [9.17, 15) is 10.1 Å². The van der Waals surface area contributed by atoms with Gasteiger partial charge in [-0.05, 0) is 104 Å². The number of aryl methyl sites for hydroxylation is 1. The van der Waals surface area contributed by atoms with Gasteiger partial charge < -0.3 is 14.8 Å². The van der Waals surface area contributed by atoms with E-state index in [4.69, 9.17) is 23.8 Å². The van der Waals surface area contributed by atoms with Gasteiger partial charge >= 0.3 is 0 Å². The van der Waals surface area contributed by atoms with Crippen molar-refractivity contribution < 1.29 is 4.92 Å². The molecule has 2 aromatic heterocycles. The van der Waals surface area contributed by atoms with Crippen LogP contribution in [0.4, 0.5) is 11.4 Å². The number of rotatable bonds is 7. The molecule has 1 aliphatic rings. The summed E-state index contributed by atoms with van der Waals surface area (Å²) in [6.45, 7) is 2.00. The Hall–Kier alpha value is -4.18. The number of nitro benzene ring substituents is 1. The van der Waals surface area contributed by atoms with E-state index >= 15 is 0 Å². The van der Waals surface area contributed by atoms with Crippen LogP contribution in [-0.2, 0) is 0 Å². The highest BCUT2D eigenvalue weighted by Crippen LogP contribution is 2.43. The maximum Gasteiger partial charge on any atom is 0.269 e. The molecule has 0 unspecified atom stereocenters. The summed E-state index contributed by atoms with van der Waals surface area (Å²) in [5.74, 6) is 0. The van der Waals surface area contributed by atoms with Crippen LogP contribution in [0.3, 0.4) is 0 Å². The SMILES string of the molecule is Cc1cc(-n2cccc2[C@H]2[C@H](c3ccccn3)NC(=S)N2c2ccc(Sc3ccc([N+](=O)[O-])cc3)cc2)ccc1Cl. The average molecular weight is 598 g/mol. The molecule has 41 heavy (non-hydrogen) atoms. The molecule has 1 saturated heterocycles. The van der Waals surface area contributed by atoms with Gasteiger partial charge in [-0.15, -0.1) is 0 Å². The highest BCUT2D eigenvalue weighted by Gasteiger charge is 2.42. The second-order valence-electron chi connectivity index (χ2n) is 9.58. The van der Waals surface area contributed by atoms with E-state index in [0.29, 0.717) is 5.11 Å². The number of benzene rings is 3. The minimum atomic E-state index is -0.393. The third-order valence-corrected chi connectivity index (χ3v) is 8.75. The Bertz CT molecular complexity index is 1730. The summed E-state index contributed by atoms with van der Waals surface area (Å²) in [4.78, 5) is 19.3. The number of nitro groups is 1. The first-order valence-corrected chi connectivity index (χ1v) is 14.5. The van der Waals surface area contributed by atoms with Gasteiger partial charge in [-0.1, -0.05) is 29.4 Å². The van der Waals surface area contributed by atoms with E-state index < -0.39 is 4.92 Å². The molecule has 0 amide bonds. The average Bonchev–Trinajstić information content (AvgIpc) is 3.60. The molecule has 10 heteroatoms. The lowest BCUT2D eigenvalue weighted by atomic mass is 10.0. The van der Waals surface area contributed by atoms with Crippen LogP contribution >= 0.6 is 35.6 Å². The predicted molar refractivity (Wildman–Crippen MR) is 167 cm³/mol. The van der Waals surface area contributed by atoms with Gasteiger partial charge in [0.25, 0.3) is 5.69 Å². The third kappa shape index (κ3) is 5.44. The summed E-state index contributed by atoms with van der Waals surface area (Å²) in [7, 11) is 0. The first kappa shape index (κ1) is 27.0. The molecule has 5 aromatic rings. The molecule has 0 spiro atoms. The Balaban J connectivity index is 1.36. The minimum Gasteiger partial charge on any atom is -0.351 e. The highest BCUT2D eigenvalue weighted by atomic mass is 35.5. The van der Waals surface area contributed by atoms with Crippen LogP contribution in [0.5, 0.6) is 0 Å². The van der Waals surface area contributed by atoms with Crippen molar-refractivity contribution in [2.75, 3.05) is 4.90 Å². The van der Waals surface area contributed by atoms with Gasteiger partial charge in [-0.25, -0.2) is 0 Å². The number of nitrogens with zero attached hydrogens (tertiary/aromatic N) is 4. The second kappa shape index (κ2) is 11.4. The zero-order valence-corrected chi connectivity index (χ0v) is 24.2. The number of aromatic nitrogens is 2. The Morgan fingerprint density at radius 3 is 2.32 bits per heavy atom. The maximum atomic E-state index is 11.0. The molecule has 0 bridgehead atoms. The normalized spacial score (nSPS) is 16.5. The number of hydrogen-bond donors (Lipinski definition) is 1. The van der Waals surface area contributed by atoms with Crippen LogP contribution in [-0.4, -0.2) is 19.6 Å². The van der Waals surface area contributed by atoms with E-state index in [2.05, 4.69) is 50.2 Å². The summed E-state index contributed by atoms with van der Waals surface area (Å²) in [5.41, 5.74) is 4.99. The third-order valence-electron chi connectivity index (χ3n) is 7.00. The monoisotopic (exact) mass is 597 g/mol. The zero-order valence-electron chi connectivity index (χ0n) is 21.8. The van der Waals surface area contributed by atoms with Crippen LogP contribution in [0.2, 0.25) is 5.02 Å². The molecule has 0 saturated carbocycles. The lowest BCUT2D eigenvalue weighted by molar-refractivity contribution is -0.384. The molecule has 1 fully saturated rings. The van der Waals surface area contributed by atoms with Crippen molar-refractivity contribution in [2.45, 2.75) is 28.8 Å². The van der Waals surface area contributed by atoms with Crippen LogP contribution in [0.25, 0.3) is 5.69 Å². The largest absolute Gasteiger partial charge is 0.351 e. The van der Waals surface area contributed by atoms with Crippen molar-refractivity contribution in [2.24, 2.45) is 0 Å². The minimum absolute atomic E-state index is 0.0757. The van der Waals surface area contributed by atoms with Gasteiger partial charge in [0, 0.05) is 56.4 Å². The Kier molecular flexibility index (Phi) is 7.49. The summed E-state index contributed by atoms with van der Waals surface area (Å²) < 4.78 is 2.17. The van der Waals surface area contributed by atoms with E-state index in [1.165, 1.54) is 12.1 Å². The van der Waals surface area contributed by atoms with Crippen LogP contribution < -0.4 is 10.2 Å². The molecule has 7 nitrogen and oxygen atoms in total. The molecule has 0 aliphatic carbocycles. The van der Waals surface area contributed by atoms with Crippen molar-refractivity contribution in [3.8, 4) is 5.69 Å². The van der Waals surface area contributed by atoms with Crippen molar-refractivity contribution >= 4 is 52.1 Å². The second-order valence-corrected chi connectivity index (χ2v) is 11.5. The number of hydrogen-bond acceptors (Lipinski definition) is 5. The molecule has 1 N–H and O–H groups in total. The van der Waals surface area contributed by atoms with Gasteiger partial charge in [0.2, 0.25) is 0 Å². The molecule has 6 rings (SSSR count). The molecule has 3 heterocycles. The van der Waals surface area contributed by atoms with Crippen molar-refractivity contribution in [1.29, 1.82) is 0 Å².